The first-order valence-corrected chi connectivity index (χ1v) is 18.5. The second-order valence-corrected chi connectivity index (χ2v) is 15.5. The molecule has 282 valence electrons. The Morgan fingerprint density at radius 3 is 1.67 bits per heavy atom. The molecule has 0 heterocycles. The van der Waals surface area contributed by atoms with Crippen LogP contribution in [-0.4, -0.2) is 58.6 Å². The summed E-state index contributed by atoms with van der Waals surface area (Å²) in [6, 6.07) is 21.4. The SMILES string of the molecule is CCCCCCN(C(=O)C(Cc1ccccc1)NC(=O)OC(C)(C)C)C(C(=O)NC(Cc1ccccc1)C(=O)OC(C)(C)C)c1c(C)cccc1C. The summed E-state index contributed by atoms with van der Waals surface area (Å²) in [6.45, 7) is 16.8. The van der Waals surface area contributed by atoms with Crippen molar-refractivity contribution in [2.45, 2.75) is 130 Å². The number of benzene rings is 3. The highest BCUT2D eigenvalue weighted by molar-refractivity contribution is 5.94. The van der Waals surface area contributed by atoms with Crippen molar-refractivity contribution in [3.05, 3.63) is 107 Å². The van der Waals surface area contributed by atoms with E-state index in [1.54, 1.807) is 46.4 Å². The average Bonchev–Trinajstić information content (AvgIpc) is 3.05. The Balaban J connectivity index is 2.17. The molecule has 3 aromatic carbocycles. The van der Waals surface area contributed by atoms with Crippen LogP contribution in [0, 0.1) is 13.8 Å². The summed E-state index contributed by atoms with van der Waals surface area (Å²) in [6.07, 6.45) is 3.08. The van der Waals surface area contributed by atoms with Gasteiger partial charge in [0, 0.05) is 19.4 Å². The number of unbranched alkanes of at least 4 members (excludes halogenated alkanes) is 3. The maximum absolute atomic E-state index is 15.0. The maximum atomic E-state index is 15.0. The van der Waals surface area contributed by atoms with Gasteiger partial charge in [-0.15, -0.1) is 0 Å². The molecule has 0 spiro atoms. The molecule has 0 aliphatic carbocycles. The zero-order valence-electron chi connectivity index (χ0n) is 32.6. The quantitative estimate of drug-likeness (QED) is 0.115. The number of ether oxygens (including phenoxy) is 2. The van der Waals surface area contributed by atoms with Crippen molar-refractivity contribution in [3.8, 4) is 0 Å². The topological polar surface area (TPSA) is 114 Å². The molecule has 3 unspecified atom stereocenters. The van der Waals surface area contributed by atoms with Crippen LogP contribution in [0.3, 0.4) is 0 Å². The third-order valence-corrected chi connectivity index (χ3v) is 8.47. The molecule has 0 fully saturated rings. The molecule has 9 nitrogen and oxygen atoms in total. The smallest absolute Gasteiger partial charge is 0.408 e. The van der Waals surface area contributed by atoms with Gasteiger partial charge in [-0.1, -0.05) is 105 Å². The van der Waals surface area contributed by atoms with E-state index in [9.17, 15) is 14.4 Å². The molecule has 3 atom stereocenters. The van der Waals surface area contributed by atoms with Crippen LogP contribution in [0.5, 0.6) is 0 Å². The predicted octanol–water partition coefficient (Wildman–Crippen LogP) is 7.96. The third-order valence-electron chi connectivity index (χ3n) is 8.47. The molecule has 9 heteroatoms. The minimum absolute atomic E-state index is 0.181. The van der Waals surface area contributed by atoms with Gasteiger partial charge in [-0.2, -0.15) is 0 Å². The number of nitrogens with one attached hydrogen (secondary N) is 2. The molecule has 0 aromatic heterocycles. The lowest BCUT2D eigenvalue weighted by molar-refractivity contribution is -0.159. The van der Waals surface area contributed by atoms with Gasteiger partial charge in [0.25, 0.3) is 0 Å². The summed E-state index contributed by atoms with van der Waals surface area (Å²) in [4.78, 5) is 58.5. The number of esters is 1. The summed E-state index contributed by atoms with van der Waals surface area (Å²) in [5, 5.41) is 5.86. The van der Waals surface area contributed by atoms with Gasteiger partial charge in [-0.05, 0) is 89.6 Å². The van der Waals surface area contributed by atoms with Crippen LogP contribution >= 0.6 is 0 Å². The van der Waals surface area contributed by atoms with E-state index in [2.05, 4.69) is 17.6 Å². The lowest BCUT2D eigenvalue weighted by Gasteiger charge is -2.36. The van der Waals surface area contributed by atoms with E-state index in [1.165, 1.54) is 0 Å². The first-order valence-electron chi connectivity index (χ1n) is 18.5. The van der Waals surface area contributed by atoms with Crippen molar-refractivity contribution in [2.24, 2.45) is 0 Å². The molecule has 0 aliphatic heterocycles. The van der Waals surface area contributed by atoms with Crippen molar-refractivity contribution in [3.63, 3.8) is 0 Å². The molecule has 2 N–H and O–H groups in total. The van der Waals surface area contributed by atoms with Gasteiger partial charge >= 0.3 is 12.1 Å². The molecular formula is C43H59N3O6. The van der Waals surface area contributed by atoms with Gasteiger partial charge in [0.15, 0.2) is 0 Å². The normalized spacial score (nSPS) is 13.3. The van der Waals surface area contributed by atoms with E-state index >= 15 is 4.79 Å². The standard InChI is InChI=1S/C43H59N3O6/c1-10-11-12-19-27-46(39(48)34(28-32-23-15-13-16-24-32)45-41(50)52-43(7,8)9)37(36-30(2)21-20-22-31(36)3)38(47)44-35(40(49)51-42(4,5)6)29-33-25-17-14-18-26-33/h13-18,20-26,34-35,37H,10-12,19,27-29H2,1-9H3,(H,44,47)(H,45,50). The van der Waals surface area contributed by atoms with Gasteiger partial charge in [0.1, 0.15) is 29.3 Å². The largest absolute Gasteiger partial charge is 0.458 e. The fraction of sp³-hybridized carbons (Fsp3) is 0.488. The molecule has 3 amide bonds. The Labute approximate surface area is 310 Å². The van der Waals surface area contributed by atoms with E-state index in [-0.39, 0.29) is 19.4 Å². The summed E-state index contributed by atoms with van der Waals surface area (Å²) in [5.41, 5.74) is 2.42. The van der Waals surface area contributed by atoms with Crippen LogP contribution < -0.4 is 10.6 Å². The second-order valence-electron chi connectivity index (χ2n) is 15.5. The van der Waals surface area contributed by atoms with Crippen LogP contribution in [0.2, 0.25) is 0 Å². The Morgan fingerprint density at radius 1 is 0.654 bits per heavy atom. The monoisotopic (exact) mass is 713 g/mol. The lowest BCUT2D eigenvalue weighted by Crippen LogP contribution is -2.56. The molecular weight excluding hydrogens is 654 g/mol. The third kappa shape index (κ3) is 13.5. The van der Waals surface area contributed by atoms with E-state index in [4.69, 9.17) is 9.47 Å². The first kappa shape index (κ1) is 41.8. The maximum Gasteiger partial charge on any atom is 0.408 e. The fourth-order valence-electron chi connectivity index (χ4n) is 6.13. The van der Waals surface area contributed by atoms with Gasteiger partial charge in [-0.3, -0.25) is 9.59 Å². The number of hydrogen-bond acceptors (Lipinski definition) is 6. The number of carbonyl (C=O) groups excluding carboxylic acids is 4. The van der Waals surface area contributed by atoms with E-state index in [0.29, 0.717) is 12.0 Å². The van der Waals surface area contributed by atoms with Gasteiger partial charge < -0.3 is 25.0 Å². The summed E-state index contributed by atoms with van der Waals surface area (Å²) in [5.74, 6) is -1.51. The van der Waals surface area contributed by atoms with Crippen LogP contribution in [0.1, 0.15) is 108 Å². The molecule has 0 saturated carbocycles. The summed E-state index contributed by atoms with van der Waals surface area (Å²) < 4.78 is 11.4. The Hall–Kier alpha value is -4.66. The molecule has 3 aromatic rings. The fourth-order valence-corrected chi connectivity index (χ4v) is 6.13. The van der Waals surface area contributed by atoms with E-state index < -0.39 is 53.2 Å². The Bertz CT molecular complexity index is 1590. The number of alkyl carbamates (subject to hydrolysis) is 1. The summed E-state index contributed by atoms with van der Waals surface area (Å²) in [7, 11) is 0. The minimum Gasteiger partial charge on any atom is -0.458 e. The molecule has 0 saturated heterocycles. The highest BCUT2D eigenvalue weighted by atomic mass is 16.6. The zero-order valence-corrected chi connectivity index (χ0v) is 32.6. The predicted molar refractivity (Wildman–Crippen MR) is 206 cm³/mol. The highest BCUT2D eigenvalue weighted by Gasteiger charge is 2.39. The number of rotatable bonds is 16. The van der Waals surface area contributed by atoms with Crippen molar-refractivity contribution in [2.75, 3.05) is 6.54 Å². The van der Waals surface area contributed by atoms with Crippen LogP contribution in [0.15, 0.2) is 78.9 Å². The number of amides is 3. The Kier molecular flexibility index (Phi) is 15.5. The minimum atomic E-state index is -1.12. The Morgan fingerprint density at radius 2 is 1.17 bits per heavy atom. The number of aryl methyl sites for hydroxylation is 2. The van der Waals surface area contributed by atoms with Gasteiger partial charge in [-0.25, -0.2) is 9.59 Å². The van der Waals surface area contributed by atoms with Crippen molar-refractivity contribution in [1.29, 1.82) is 0 Å². The molecule has 0 bridgehead atoms. The van der Waals surface area contributed by atoms with E-state index in [1.807, 2.05) is 92.7 Å². The highest BCUT2D eigenvalue weighted by Crippen LogP contribution is 2.30. The average molecular weight is 714 g/mol. The van der Waals surface area contributed by atoms with Crippen LogP contribution in [-0.2, 0) is 36.7 Å². The molecule has 0 aliphatic rings. The van der Waals surface area contributed by atoms with Crippen LogP contribution in [0.25, 0.3) is 0 Å². The molecule has 3 rings (SSSR count). The first-order chi connectivity index (χ1) is 24.5. The van der Waals surface area contributed by atoms with Crippen LogP contribution in [0.4, 0.5) is 4.79 Å². The van der Waals surface area contributed by atoms with Gasteiger partial charge in [0.2, 0.25) is 11.8 Å². The molecule has 52 heavy (non-hydrogen) atoms. The second kappa shape index (κ2) is 19.3. The van der Waals surface area contributed by atoms with Gasteiger partial charge in [0.05, 0.1) is 0 Å². The zero-order chi connectivity index (χ0) is 38.5. The molecule has 0 radical (unpaired) electrons. The number of carbonyl (C=O) groups is 4. The summed E-state index contributed by atoms with van der Waals surface area (Å²) >= 11 is 0. The van der Waals surface area contributed by atoms with E-state index in [0.717, 1.165) is 41.5 Å². The van der Waals surface area contributed by atoms with Crippen molar-refractivity contribution in [1.82, 2.24) is 15.5 Å². The van der Waals surface area contributed by atoms with Crippen molar-refractivity contribution >= 4 is 23.9 Å². The number of nitrogens with zero attached hydrogens (tertiary/aromatic N) is 1. The van der Waals surface area contributed by atoms with Crippen molar-refractivity contribution < 1.29 is 28.7 Å². The number of hydrogen-bond donors (Lipinski definition) is 2. The lowest BCUT2D eigenvalue weighted by atomic mass is 9.92.